The number of fused-ring (bicyclic) bond motifs is 1. The zero-order valence-electron chi connectivity index (χ0n) is 10.8. The van der Waals surface area contributed by atoms with E-state index in [1.54, 1.807) is 12.1 Å². The van der Waals surface area contributed by atoms with Crippen molar-refractivity contribution in [1.29, 1.82) is 0 Å². The molecule has 0 spiro atoms. The van der Waals surface area contributed by atoms with Crippen LogP contribution >= 0.6 is 0 Å². The fourth-order valence-electron chi connectivity index (χ4n) is 2.37. The molecular weight excluding hydrogens is 276 g/mol. The van der Waals surface area contributed by atoms with Crippen LogP contribution in [0.5, 0.6) is 28.7 Å². The number of carbonyl (C=O) groups excluding carboxylic acids is 1. The molecule has 0 bridgehead atoms. The van der Waals surface area contributed by atoms with E-state index in [0.29, 0.717) is 5.56 Å². The molecule has 0 saturated heterocycles. The summed E-state index contributed by atoms with van der Waals surface area (Å²) < 4.78 is 5.33. The van der Waals surface area contributed by atoms with Gasteiger partial charge in [-0.3, -0.25) is 4.79 Å². The summed E-state index contributed by atoms with van der Waals surface area (Å²) in [6, 6.07) is 6.97. The third kappa shape index (κ3) is 2.01. The standard InChI is InChI=1S/C15H12O6/c16-8-3-1-7(2-4-8)9-6-21-15-12(13(9)19)10(17)5-11(18)14(15)20/h1-5,9,16-18,20H,6H2/t9-/m0/s1. The number of Topliss-reactive ketones (excluding diaryl/α,β-unsaturated/α-hetero) is 1. The van der Waals surface area contributed by atoms with Gasteiger partial charge in [0.15, 0.2) is 17.3 Å². The summed E-state index contributed by atoms with van der Waals surface area (Å²) in [6.45, 7) is -0.0347. The molecule has 108 valence electrons. The van der Waals surface area contributed by atoms with Gasteiger partial charge in [0.2, 0.25) is 5.75 Å². The van der Waals surface area contributed by atoms with Crippen LogP contribution in [0.1, 0.15) is 21.8 Å². The summed E-state index contributed by atoms with van der Waals surface area (Å²) in [5, 5.41) is 38.2. The highest BCUT2D eigenvalue weighted by atomic mass is 16.5. The highest BCUT2D eigenvalue weighted by molar-refractivity contribution is 6.07. The van der Waals surface area contributed by atoms with E-state index in [2.05, 4.69) is 0 Å². The minimum atomic E-state index is -0.659. The molecule has 4 N–H and O–H groups in total. The Morgan fingerprint density at radius 2 is 1.67 bits per heavy atom. The molecule has 1 aliphatic heterocycles. The first-order valence-corrected chi connectivity index (χ1v) is 6.23. The van der Waals surface area contributed by atoms with E-state index in [4.69, 9.17) is 4.74 Å². The van der Waals surface area contributed by atoms with Gasteiger partial charge in [-0.1, -0.05) is 12.1 Å². The topological polar surface area (TPSA) is 107 Å². The van der Waals surface area contributed by atoms with Crippen molar-refractivity contribution < 1.29 is 30.0 Å². The van der Waals surface area contributed by atoms with Crippen LogP contribution in [-0.2, 0) is 0 Å². The van der Waals surface area contributed by atoms with Gasteiger partial charge < -0.3 is 25.2 Å². The molecule has 21 heavy (non-hydrogen) atoms. The van der Waals surface area contributed by atoms with Crippen molar-refractivity contribution in [3.8, 4) is 28.7 Å². The molecule has 0 amide bonds. The number of hydrogen-bond acceptors (Lipinski definition) is 6. The van der Waals surface area contributed by atoms with Crippen molar-refractivity contribution in [2.75, 3.05) is 6.61 Å². The number of phenols is 4. The van der Waals surface area contributed by atoms with Crippen LogP contribution in [-0.4, -0.2) is 32.8 Å². The number of phenolic OH excluding ortho intramolecular Hbond substituents is 4. The minimum Gasteiger partial charge on any atom is -0.508 e. The normalized spacial score (nSPS) is 17.1. The smallest absolute Gasteiger partial charge is 0.201 e. The summed E-state index contributed by atoms with van der Waals surface area (Å²) in [7, 11) is 0. The number of rotatable bonds is 1. The minimum absolute atomic E-state index is 0.0347. The van der Waals surface area contributed by atoms with E-state index in [1.807, 2.05) is 0 Å². The monoisotopic (exact) mass is 288 g/mol. The summed E-state index contributed by atoms with van der Waals surface area (Å²) in [5.74, 6) is -2.79. The largest absolute Gasteiger partial charge is 0.508 e. The molecule has 2 aromatic rings. The second-order valence-corrected chi connectivity index (χ2v) is 4.79. The van der Waals surface area contributed by atoms with Crippen molar-refractivity contribution in [2.24, 2.45) is 0 Å². The summed E-state index contributed by atoms with van der Waals surface area (Å²) >= 11 is 0. The molecule has 0 saturated carbocycles. The van der Waals surface area contributed by atoms with E-state index in [9.17, 15) is 25.2 Å². The predicted octanol–water partition coefficient (Wildman–Crippen LogP) is 1.87. The molecule has 6 nitrogen and oxygen atoms in total. The summed E-state index contributed by atoms with van der Waals surface area (Å²) in [4.78, 5) is 12.5. The van der Waals surface area contributed by atoms with Crippen LogP contribution < -0.4 is 4.74 Å². The molecule has 1 aliphatic rings. The Hall–Kier alpha value is -2.89. The Bertz CT molecular complexity index is 720. The quantitative estimate of drug-likeness (QED) is 0.471. The highest BCUT2D eigenvalue weighted by Gasteiger charge is 2.35. The van der Waals surface area contributed by atoms with Crippen LogP contribution in [0.3, 0.4) is 0 Å². The maximum Gasteiger partial charge on any atom is 0.201 e. The molecule has 6 heteroatoms. The van der Waals surface area contributed by atoms with E-state index in [0.717, 1.165) is 6.07 Å². The number of aromatic hydroxyl groups is 4. The van der Waals surface area contributed by atoms with Gasteiger partial charge in [-0.2, -0.15) is 0 Å². The number of hydrogen-bond donors (Lipinski definition) is 4. The van der Waals surface area contributed by atoms with Gasteiger partial charge >= 0.3 is 0 Å². The molecule has 0 aromatic heterocycles. The maximum atomic E-state index is 12.5. The lowest BCUT2D eigenvalue weighted by molar-refractivity contribution is 0.0888. The van der Waals surface area contributed by atoms with Crippen molar-refractivity contribution >= 4 is 5.78 Å². The fraction of sp³-hybridized carbons (Fsp3) is 0.133. The van der Waals surface area contributed by atoms with Crippen molar-refractivity contribution in [3.05, 3.63) is 41.5 Å². The molecule has 0 aliphatic carbocycles. The van der Waals surface area contributed by atoms with Gasteiger partial charge in [-0.15, -0.1) is 0 Å². The van der Waals surface area contributed by atoms with Crippen molar-refractivity contribution in [2.45, 2.75) is 5.92 Å². The Morgan fingerprint density at radius 3 is 2.33 bits per heavy atom. The summed E-state index contributed by atoms with van der Waals surface area (Å²) in [5.41, 5.74) is 0.463. The third-order valence-corrected chi connectivity index (χ3v) is 3.47. The average Bonchev–Trinajstić information content (AvgIpc) is 2.45. The zero-order chi connectivity index (χ0) is 15.1. The van der Waals surface area contributed by atoms with Crippen LogP contribution in [0.25, 0.3) is 0 Å². The lowest BCUT2D eigenvalue weighted by atomic mass is 9.88. The van der Waals surface area contributed by atoms with Gasteiger partial charge in [0.1, 0.15) is 23.7 Å². The molecular formula is C15H12O6. The molecule has 0 radical (unpaired) electrons. The highest BCUT2D eigenvalue weighted by Crippen LogP contribution is 2.47. The Labute approximate surface area is 119 Å². The third-order valence-electron chi connectivity index (χ3n) is 3.47. The van der Waals surface area contributed by atoms with Crippen LogP contribution in [0.15, 0.2) is 30.3 Å². The van der Waals surface area contributed by atoms with E-state index in [1.165, 1.54) is 12.1 Å². The Morgan fingerprint density at radius 1 is 1.00 bits per heavy atom. The molecule has 1 atom stereocenters. The fourth-order valence-corrected chi connectivity index (χ4v) is 2.37. The molecule has 0 fully saturated rings. The van der Waals surface area contributed by atoms with E-state index in [-0.39, 0.29) is 23.7 Å². The second kappa shape index (κ2) is 4.59. The number of ketones is 1. The van der Waals surface area contributed by atoms with Crippen LogP contribution in [0.2, 0.25) is 0 Å². The maximum absolute atomic E-state index is 12.5. The number of carbonyl (C=O) groups is 1. The van der Waals surface area contributed by atoms with Gasteiger partial charge in [0.25, 0.3) is 0 Å². The summed E-state index contributed by atoms with van der Waals surface area (Å²) in [6.07, 6.45) is 0. The van der Waals surface area contributed by atoms with E-state index >= 15 is 0 Å². The first kappa shape index (κ1) is 13.1. The number of benzene rings is 2. The Kier molecular flexibility index (Phi) is 2.86. The molecule has 2 aromatic carbocycles. The average molecular weight is 288 g/mol. The van der Waals surface area contributed by atoms with Gasteiger partial charge in [0, 0.05) is 6.07 Å². The second-order valence-electron chi connectivity index (χ2n) is 4.79. The van der Waals surface area contributed by atoms with Gasteiger partial charge in [-0.25, -0.2) is 0 Å². The first-order valence-electron chi connectivity index (χ1n) is 6.23. The molecule has 0 unspecified atom stereocenters. The molecule has 1 heterocycles. The lowest BCUT2D eigenvalue weighted by Crippen LogP contribution is -2.26. The Balaban J connectivity index is 2.07. The van der Waals surface area contributed by atoms with Crippen LogP contribution in [0.4, 0.5) is 0 Å². The molecule has 3 rings (SSSR count). The van der Waals surface area contributed by atoms with Crippen molar-refractivity contribution in [1.82, 2.24) is 0 Å². The zero-order valence-corrected chi connectivity index (χ0v) is 10.8. The van der Waals surface area contributed by atoms with Gasteiger partial charge in [-0.05, 0) is 17.7 Å². The van der Waals surface area contributed by atoms with Crippen molar-refractivity contribution in [3.63, 3.8) is 0 Å². The lowest BCUT2D eigenvalue weighted by Gasteiger charge is -2.25. The van der Waals surface area contributed by atoms with Crippen LogP contribution in [0, 0.1) is 0 Å². The number of ether oxygens (including phenoxy) is 1. The first-order chi connectivity index (χ1) is 9.99. The van der Waals surface area contributed by atoms with E-state index < -0.39 is 28.9 Å². The van der Waals surface area contributed by atoms with Gasteiger partial charge in [0.05, 0.1) is 5.92 Å². The SMILES string of the molecule is O=C1c2c(O)cc(O)c(O)c2OC[C@H]1c1ccc(O)cc1. The predicted molar refractivity (Wildman–Crippen MR) is 72.1 cm³/mol.